The zero-order chi connectivity index (χ0) is 14.9. The highest BCUT2D eigenvalue weighted by atomic mass is 16.1. The Morgan fingerprint density at radius 1 is 1.05 bits per heavy atom. The number of aromatic nitrogens is 2. The maximum atomic E-state index is 10.9. The van der Waals surface area contributed by atoms with E-state index in [0.717, 1.165) is 22.5 Å². The number of hydrogen-bond acceptors (Lipinski definition) is 3. The van der Waals surface area contributed by atoms with Crippen LogP contribution in [0.4, 0.5) is 0 Å². The average Bonchev–Trinajstić information content (AvgIpc) is 2.36. The van der Waals surface area contributed by atoms with E-state index in [0.29, 0.717) is 6.29 Å². The first-order chi connectivity index (χ1) is 9.31. The number of aryl methyl sites for hydroxylation is 2. The smallest absolute Gasteiger partial charge is 0.193 e. The molecule has 0 amide bonds. The lowest BCUT2D eigenvalue weighted by Crippen LogP contribution is -2.11. The van der Waals surface area contributed by atoms with Crippen LogP contribution in [0.25, 0.3) is 11.3 Å². The van der Waals surface area contributed by atoms with Crippen LogP contribution in [-0.4, -0.2) is 16.3 Å². The summed E-state index contributed by atoms with van der Waals surface area (Å²) in [5.74, 6) is 0.235. The molecule has 0 aliphatic heterocycles. The molecule has 2 rings (SSSR count). The predicted molar refractivity (Wildman–Crippen MR) is 81.0 cm³/mol. The van der Waals surface area contributed by atoms with Gasteiger partial charge in [0.1, 0.15) is 0 Å². The van der Waals surface area contributed by atoms with Crippen LogP contribution >= 0.6 is 0 Å². The van der Waals surface area contributed by atoms with Crippen molar-refractivity contribution in [3.05, 3.63) is 46.9 Å². The first-order valence-corrected chi connectivity index (χ1v) is 6.73. The number of hydrogen-bond donors (Lipinski definition) is 0. The van der Waals surface area contributed by atoms with Crippen LogP contribution in [0.3, 0.4) is 0 Å². The molecule has 2 aromatic rings. The van der Waals surface area contributed by atoms with Gasteiger partial charge in [0.2, 0.25) is 0 Å². The van der Waals surface area contributed by atoms with E-state index in [1.165, 1.54) is 5.56 Å². The summed E-state index contributed by atoms with van der Waals surface area (Å²) in [6.45, 7) is 10.5. The van der Waals surface area contributed by atoms with E-state index < -0.39 is 0 Å². The topological polar surface area (TPSA) is 42.9 Å². The van der Waals surface area contributed by atoms with Gasteiger partial charge in [0, 0.05) is 11.3 Å². The summed E-state index contributed by atoms with van der Waals surface area (Å²) in [5, 5.41) is 0. The van der Waals surface area contributed by atoms with Gasteiger partial charge in [0.25, 0.3) is 0 Å². The quantitative estimate of drug-likeness (QED) is 0.776. The van der Waals surface area contributed by atoms with Crippen LogP contribution < -0.4 is 0 Å². The van der Waals surface area contributed by atoms with Gasteiger partial charge in [0.05, 0.1) is 5.69 Å². The van der Waals surface area contributed by atoms with E-state index in [1.807, 2.05) is 13.0 Å². The van der Waals surface area contributed by atoms with Gasteiger partial charge < -0.3 is 0 Å². The second-order valence-corrected chi connectivity index (χ2v) is 6.15. The molecule has 0 saturated carbocycles. The van der Waals surface area contributed by atoms with Gasteiger partial charge in [-0.3, -0.25) is 4.79 Å². The second-order valence-electron chi connectivity index (χ2n) is 6.15. The molecule has 1 heterocycles. The summed E-state index contributed by atoms with van der Waals surface area (Å²) in [5.41, 5.74) is 5.23. The molecule has 0 aliphatic rings. The molecular formula is C17H20N2O. The predicted octanol–water partition coefficient (Wildman–Crippen LogP) is 3.87. The molecule has 1 aromatic carbocycles. The Kier molecular flexibility index (Phi) is 3.71. The Labute approximate surface area is 120 Å². The summed E-state index contributed by atoms with van der Waals surface area (Å²) in [6, 6.07) is 8.30. The molecule has 0 spiro atoms. The molecule has 0 bridgehead atoms. The van der Waals surface area contributed by atoms with Gasteiger partial charge >= 0.3 is 0 Å². The minimum Gasteiger partial charge on any atom is -0.294 e. The van der Waals surface area contributed by atoms with Crippen LogP contribution in [0.15, 0.2) is 24.3 Å². The Morgan fingerprint density at radius 3 is 2.30 bits per heavy atom. The van der Waals surface area contributed by atoms with E-state index in [1.54, 1.807) is 0 Å². The zero-order valence-electron chi connectivity index (χ0n) is 12.7. The Morgan fingerprint density at radius 2 is 1.75 bits per heavy atom. The van der Waals surface area contributed by atoms with Crippen LogP contribution in [0.5, 0.6) is 0 Å². The third-order valence-corrected chi connectivity index (χ3v) is 3.35. The Balaban J connectivity index is 2.54. The third kappa shape index (κ3) is 2.93. The lowest BCUT2D eigenvalue weighted by Gasteiger charge is -2.20. The number of carbonyl (C=O) groups is 1. The van der Waals surface area contributed by atoms with Crippen molar-refractivity contribution in [2.75, 3.05) is 0 Å². The third-order valence-electron chi connectivity index (χ3n) is 3.35. The van der Waals surface area contributed by atoms with Gasteiger partial charge in [-0.05, 0) is 36.5 Å². The van der Waals surface area contributed by atoms with E-state index in [4.69, 9.17) is 0 Å². The highest BCUT2D eigenvalue weighted by Crippen LogP contribution is 2.28. The fourth-order valence-corrected chi connectivity index (χ4v) is 2.20. The Hall–Kier alpha value is -2.03. The van der Waals surface area contributed by atoms with Gasteiger partial charge in [-0.15, -0.1) is 0 Å². The molecule has 1 aromatic heterocycles. The van der Waals surface area contributed by atoms with Crippen molar-refractivity contribution in [2.24, 2.45) is 0 Å². The number of carbonyl (C=O) groups excluding carboxylic acids is 1. The number of nitrogens with zero attached hydrogens (tertiary/aromatic N) is 2. The maximum Gasteiger partial charge on any atom is 0.193 e. The average molecular weight is 268 g/mol. The standard InChI is InChI=1S/C17H20N2O/c1-11-8-13(17(3,4)5)6-7-14(11)15-9-12(2)18-16(10-20)19-15/h6-10H,1-5H3. The monoisotopic (exact) mass is 268 g/mol. The molecule has 104 valence electrons. The minimum atomic E-state index is 0.124. The molecule has 0 N–H and O–H groups in total. The molecular weight excluding hydrogens is 248 g/mol. The largest absolute Gasteiger partial charge is 0.294 e. The molecule has 0 fully saturated rings. The van der Waals surface area contributed by atoms with Crippen molar-refractivity contribution < 1.29 is 4.79 Å². The Bertz CT molecular complexity index is 655. The van der Waals surface area contributed by atoms with Crippen LogP contribution in [-0.2, 0) is 5.41 Å². The lowest BCUT2D eigenvalue weighted by atomic mass is 9.85. The number of rotatable bonds is 2. The zero-order valence-corrected chi connectivity index (χ0v) is 12.7. The van der Waals surface area contributed by atoms with Crippen molar-refractivity contribution in [3.8, 4) is 11.3 Å². The highest BCUT2D eigenvalue weighted by Gasteiger charge is 2.15. The molecule has 0 aliphatic carbocycles. The maximum absolute atomic E-state index is 10.9. The first-order valence-electron chi connectivity index (χ1n) is 6.73. The van der Waals surface area contributed by atoms with E-state index in [2.05, 4.69) is 55.9 Å². The summed E-state index contributed by atoms with van der Waals surface area (Å²) in [4.78, 5) is 19.3. The van der Waals surface area contributed by atoms with E-state index in [9.17, 15) is 4.79 Å². The lowest BCUT2D eigenvalue weighted by molar-refractivity contribution is 0.111. The summed E-state index contributed by atoms with van der Waals surface area (Å²) >= 11 is 0. The summed E-state index contributed by atoms with van der Waals surface area (Å²) < 4.78 is 0. The van der Waals surface area contributed by atoms with Gasteiger partial charge in [0.15, 0.2) is 12.1 Å². The molecule has 3 heteroatoms. The van der Waals surface area contributed by atoms with Crippen LogP contribution in [0.2, 0.25) is 0 Å². The van der Waals surface area contributed by atoms with Gasteiger partial charge in [-0.2, -0.15) is 0 Å². The summed E-state index contributed by atoms with van der Waals surface area (Å²) in [6.07, 6.45) is 0.690. The normalized spacial score (nSPS) is 11.4. The number of benzene rings is 1. The highest BCUT2D eigenvalue weighted by molar-refractivity contribution is 5.72. The molecule has 3 nitrogen and oxygen atoms in total. The molecule has 20 heavy (non-hydrogen) atoms. The van der Waals surface area contributed by atoms with Crippen molar-refractivity contribution in [2.45, 2.75) is 40.0 Å². The van der Waals surface area contributed by atoms with Crippen molar-refractivity contribution in [1.82, 2.24) is 9.97 Å². The SMILES string of the molecule is Cc1cc(-c2ccc(C(C)(C)C)cc2C)nc(C=O)n1. The van der Waals surface area contributed by atoms with E-state index >= 15 is 0 Å². The minimum absolute atomic E-state index is 0.124. The summed E-state index contributed by atoms with van der Waals surface area (Å²) in [7, 11) is 0. The van der Waals surface area contributed by atoms with Gasteiger partial charge in [-0.25, -0.2) is 9.97 Å². The molecule has 0 atom stereocenters. The van der Waals surface area contributed by atoms with Crippen LogP contribution in [0.1, 0.15) is 48.2 Å². The molecule has 0 saturated heterocycles. The fourth-order valence-electron chi connectivity index (χ4n) is 2.20. The van der Waals surface area contributed by atoms with Crippen LogP contribution in [0, 0.1) is 13.8 Å². The molecule has 0 unspecified atom stereocenters. The van der Waals surface area contributed by atoms with Gasteiger partial charge in [-0.1, -0.05) is 39.0 Å². The molecule has 0 radical (unpaired) electrons. The first kappa shape index (κ1) is 14.4. The van der Waals surface area contributed by atoms with Crippen molar-refractivity contribution in [1.29, 1.82) is 0 Å². The van der Waals surface area contributed by atoms with Crippen molar-refractivity contribution >= 4 is 6.29 Å². The fraction of sp³-hybridized carbons (Fsp3) is 0.353. The van der Waals surface area contributed by atoms with Crippen molar-refractivity contribution in [3.63, 3.8) is 0 Å². The second kappa shape index (κ2) is 5.16. The number of aldehydes is 1. The van der Waals surface area contributed by atoms with E-state index in [-0.39, 0.29) is 11.2 Å².